The smallest absolute Gasteiger partial charge is 0.407 e. The van der Waals surface area contributed by atoms with Crippen molar-refractivity contribution >= 4 is 28.9 Å². The minimum atomic E-state index is -0.696. The molecule has 0 spiro atoms. The summed E-state index contributed by atoms with van der Waals surface area (Å²) in [6.07, 6.45) is 3.14. The van der Waals surface area contributed by atoms with Gasteiger partial charge in [-0.25, -0.2) is 9.59 Å². The Morgan fingerprint density at radius 1 is 1.39 bits per heavy atom. The first-order chi connectivity index (χ1) is 13.5. The molecule has 9 heteroatoms. The lowest BCUT2D eigenvalue weighted by Crippen LogP contribution is -2.46. The van der Waals surface area contributed by atoms with Crippen LogP contribution in [-0.4, -0.2) is 55.9 Å². The fourth-order valence-electron chi connectivity index (χ4n) is 2.60. The molecule has 0 aliphatic heterocycles. The third kappa shape index (κ3) is 6.04. The zero-order valence-electron chi connectivity index (χ0n) is 15.7. The number of hydrogen-bond acceptors (Lipinski definition) is 5. The van der Waals surface area contributed by atoms with Crippen molar-refractivity contribution in [3.05, 3.63) is 48.7 Å². The zero-order chi connectivity index (χ0) is 20.4. The Bertz CT molecular complexity index is 846. The number of methoxy groups -OCH3 is 1. The second kappa shape index (κ2) is 10.6. The van der Waals surface area contributed by atoms with E-state index in [-0.39, 0.29) is 25.7 Å². The van der Waals surface area contributed by atoms with Gasteiger partial charge in [-0.15, -0.1) is 0 Å². The number of carbonyl (C=O) groups excluding carboxylic acids is 2. The third-order valence-corrected chi connectivity index (χ3v) is 3.90. The van der Waals surface area contributed by atoms with Crippen LogP contribution in [-0.2, 0) is 20.7 Å². The number of nitrogens with one attached hydrogen (secondary N) is 3. The van der Waals surface area contributed by atoms with Crippen molar-refractivity contribution < 1.29 is 19.1 Å². The van der Waals surface area contributed by atoms with Gasteiger partial charge in [0.15, 0.2) is 5.96 Å². The van der Waals surface area contributed by atoms with Crippen LogP contribution in [0.5, 0.6) is 0 Å². The zero-order valence-corrected chi connectivity index (χ0v) is 15.7. The maximum atomic E-state index is 12.1. The Balaban J connectivity index is 1.93. The first kappa shape index (κ1) is 20.8. The number of ether oxygens (including phenoxy) is 2. The number of fused-ring (bicyclic) bond motifs is 1. The Kier molecular flexibility index (Phi) is 7.89. The van der Waals surface area contributed by atoms with Gasteiger partial charge in [0.2, 0.25) is 0 Å². The van der Waals surface area contributed by atoms with Crippen LogP contribution >= 0.6 is 0 Å². The van der Waals surface area contributed by atoms with Gasteiger partial charge in [0.1, 0.15) is 12.6 Å². The van der Waals surface area contributed by atoms with Crippen molar-refractivity contribution in [2.24, 2.45) is 10.7 Å². The largest absolute Gasteiger partial charge is 0.467 e. The number of nitrogens with zero attached hydrogens (tertiary/aromatic N) is 1. The van der Waals surface area contributed by atoms with Crippen molar-refractivity contribution in [3.8, 4) is 0 Å². The summed E-state index contributed by atoms with van der Waals surface area (Å²) < 4.78 is 9.64. The number of aromatic amines is 1. The molecule has 28 heavy (non-hydrogen) atoms. The highest BCUT2D eigenvalue weighted by molar-refractivity contribution is 5.87. The van der Waals surface area contributed by atoms with Gasteiger partial charge in [0, 0.05) is 30.1 Å². The standard InChI is InChI=1S/C19H25N5O4/c1-3-10-28-19(26)22-9-8-21-18(20)24-16(17(25)27-2)11-13-12-23-15-7-5-4-6-14(13)15/h3-7,12,16,23H,1,8-11H2,2H3,(H,22,26)(H3,20,21,24)/t16-/m0/s1. The van der Waals surface area contributed by atoms with Crippen LogP contribution < -0.4 is 16.4 Å². The molecule has 9 nitrogen and oxygen atoms in total. The molecular weight excluding hydrogens is 362 g/mol. The Hall–Kier alpha value is -3.49. The fourth-order valence-corrected chi connectivity index (χ4v) is 2.60. The number of hydrogen-bond donors (Lipinski definition) is 4. The number of carbonyl (C=O) groups is 2. The molecule has 0 bridgehead atoms. The Labute approximate surface area is 163 Å². The Morgan fingerprint density at radius 2 is 2.18 bits per heavy atom. The minimum absolute atomic E-state index is 0.0801. The van der Waals surface area contributed by atoms with E-state index in [4.69, 9.17) is 15.2 Å². The molecule has 5 N–H and O–H groups in total. The van der Waals surface area contributed by atoms with E-state index in [9.17, 15) is 9.59 Å². The van der Waals surface area contributed by atoms with Crippen LogP contribution in [0.3, 0.4) is 0 Å². The summed E-state index contributed by atoms with van der Waals surface area (Å²) in [5, 5.41) is 6.42. The number of alkyl carbamates (subject to hydrolysis) is 1. The van der Waals surface area contributed by atoms with Crippen molar-refractivity contribution in [2.75, 3.05) is 26.8 Å². The van der Waals surface area contributed by atoms with Crippen molar-refractivity contribution in [1.29, 1.82) is 0 Å². The first-order valence-electron chi connectivity index (χ1n) is 8.76. The van der Waals surface area contributed by atoms with Crippen LogP contribution in [0.1, 0.15) is 5.56 Å². The fraction of sp³-hybridized carbons (Fsp3) is 0.316. The molecule has 0 fully saturated rings. The van der Waals surface area contributed by atoms with E-state index >= 15 is 0 Å². The van der Waals surface area contributed by atoms with E-state index in [1.165, 1.54) is 13.2 Å². The topological polar surface area (TPSA) is 131 Å². The maximum absolute atomic E-state index is 12.1. The molecule has 1 atom stereocenters. The number of benzene rings is 1. The van der Waals surface area contributed by atoms with E-state index < -0.39 is 18.1 Å². The number of esters is 1. The van der Waals surface area contributed by atoms with Crippen molar-refractivity contribution in [3.63, 3.8) is 0 Å². The number of aromatic nitrogens is 1. The van der Waals surface area contributed by atoms with E-state index in [2.05, 4.69) is 27.2 Å². The van der Waals surface area contributed by atoms with Gasteiger partial charge in [-0.1, -0.05) is 30.9 Å². The van der Waals surface area contributed by atoms with E-state index in [0.717, 1.165) is 16.5 Å². The number of rotatable bonds is 9. The van der Waals surface area contributed by atoms with Crippen molar-refractivity contribution in [2.45, 2.75) is 12.5 Å². The van der Waals surface area contributed by atoms with Gasteiger partial charge in [-0.3, -0.25) is 4.99 Å². The number of aliphatic imine (C=N–C) groups is 1. The van der Waals surface area contributed by atoms with Crippen molar-refractivity contribution in [1.82, 2.24) is 15.6 Å². The summed E-state index contributed by atoms with van der Waals surface area (Å²) in [5.41, 5.74) is 7.81. The minimum Gasteiger partial charge on any atom is -0.467 e. The molecule has 150 valence electrons. The summed E-state index contributed by atoms with van der Waals surface area (Å²) in [6, 6.07) is 7.11. The van der Waals surface area contributed by atoms with Crippen LogP contribution in [0.25, 0.3) is 10.9 Å². The number of nitrogens with two attached hydrogens (primary N) is 1. The van der Waals surface area contributed by atoms with E-state index in [1.54, 1.807) is 0 Å². The Morgan fingerprint density at radius 3 is 2.93 bits per heavy atom. The molecule has 1 amide bonds. The van der Waals surface area contributed by atoms with E-state index in [0.29, 0.717) is 6.42 Å². The normalized spacial score (nSPS) is 12.2. The molecule has 0 saturated carbocycles. The van der Waals surface area contributed by atoms with Crippen LogP contribution in [0.2, 0.25) is 0 Å². The highest BCUT2D eigenvalue weighted by Gasteiger charge is 2.21. The van der Waals surface area contributed by atoms with E-state index in [1.807, 2.05) is 30.5 Å². The third-order valence-electron chi connectivity index (χ3n) is 3.90. The second-order valence-electron chi connectivity index (χ2n) is 5.86. The number of H-pyrrole nitrogens is 1. The molecule has 2 aromatic rings. The second-order valence-corrected chi connectivity index (χ2v) is 5.86. The first-order valence-corrected chi connectivity index (χ1v) is 8.76. The van der Waals surface area contributed by atoms with Crippen LogP contribution in [0.4, 0.5) is 4.79 Å². The summed E-state index contributed by atoms with van der Waals surface area (Å²) >= 11 is 0. The molecular formula is C19H25N5O4. The SMILES string of the molecule is C=CCOC(=O)NCCN=C(N)N[C@@H](Cc1c[nH]c2ccccc12)C(=O)OC. The molecule has 1 aromatic heterocycles. The molecule has 1 heterocycles. The van der Waals surface area contributed by atoms with Gasteiger partial charge in [-0.2, -0.15) is 0 Å². The van der Waals surface area contributed by atoms with Gasteiger partial charge >= 0.3 is 12.1 Å². The average Bonchev–Trinajstić information content (AvgIpc) is 3.11. The monoisotopic (exact) mass is 387 g/mol. The van der Waals surface area contributed by atoms with Gasteiger partial charge in [0.25, 0.3) is 0 Å². The maximum Gasteiger partial charge on any atom is 0.407 e. The summed E-state index contributed by atoms with van der Waals surface area (Å²) in [5.74, 6) is -0.369. The lowest BCUT2D eigenvalue weighted by molar-refractivity contribution is -0.142. The van der Waals surface area contributed by atoms with Gasteiger partial charge < -0.3 is 30.8 Å². The molecule has 0 saturated heterocycles. The molecule has 0 aliphatic rings. The lowest BCUT2D eigenvalue weighted by Gasteiger charge is -2.17. The van der Waals surface area contributed by atoms with Crippen LogP contribution in [0, 0.1) is 0 Å². The molecule has 2 rings (SSSR count). The average molecular weight is 387 g/mol. The summed E-state index contributed by atoms with van der Waals surface area (Å²) in [4.78, 5) is 30.7. The number of amides is 1. The lowest BCUT2D eigenvalue weighted by atomic mass is 10.1. The molecule has 1 aromatic carbocycles. The molecule has 0 aliphatic carbocycles. The molecule has 0 unspecified atom stereocenters. The number of guanidine groups is 1. The van der Waals surface area contributed by atoms with Gasteiger partial charge in [0.05, 0.1) is 13.7 Å². The van der Waals surface area contributed by atoms with Gasteiger partial charge in [-0.05, 0) is 11.6 Å². The highest BCUT2D eigenvalue weighted by Crippen LogP contribution is 2.19. The predicted octanol–water partition coefficient (Wildman–Crippen LogP) is 1.07. The summed E-state index contributed by atoms with van der Waals surface area (Å²) in [6.45, 7) is 4.05. The molecule has 0 radical (unpaired) electrons. The highest BCUT2D eigenvalue weighted by atomic mass is 16.5. The van der Waals surface area contributed by atoms with Crippen LogP contribution in [0.15, 0.2) is 48.1 Å². The predicted molar refractivity (Wildman–Crippen MR) is 107 cm³/mol. The summed E-state index contributed by atoms with van der Waals surface area (Å²) in [7, 11) is 1.32. The quantitative estimate of drug-likeness (QED) is 0.167. The number of para-hydroxylation sites is 1.